The third kappa shape index (κ3) is 4.81. The lowest BCUT2D eigenvalue weighted by molar-refractivity contribution is -0.119. The molecule has 3 aromatic rings. The lowest BCUT2D eigenvalue weighted by Gasteiger charge is -2.27. The lowest BCUT2D eigenvalue weighted by atomic mass is 9.86. The number of hydrogen-bond donors (Lipinski definition) is 2. The van der Waals surface area contributed by atoms with E-state index < -0.39 is 26.9 Å². The van der Waals surface area contributed by atoms with Gasteiger partial charge in [-0.3, -0.25) is 9.59 Å². The van der Waals surface area contributed by atoms with Gasteiger partial charge in [0.05, 0.1) is 0 Å². The second kappa shape index (κ2) is 8.95. The molecule has 2 N–H and O–H groups in total. The summed E-state index contributed by atoms with van der Waals surface area (Å²) in [5, 5.41) is 2.99. The molecule has 0 atom stereocenters. The zero-order valence-electron chi connectivity index (χ0n) is 17.3. The smallest absolute Gasteiger partial charge is 0.297 e. The Morgan fingerprint density at radius 1 is 1.12 bits per heavy atom. The van der Waals surface area contributed by atoms with E-state index in [1.54, 1.807) is 18.2 Å². The summed E-state index contributed by atoms with van der Waals surface area (Å²) in [6.07, 6.45) is 3.01. The van der Waals surface area contributed by atoms with E-state index in [2.05, 4.69) is 10.3 Å². The number of amides is 2. The maximum atomic E-state index is 12.5. The minimum absolute atomic E-state index is 0.00720. The number of aromatic nitrogens is 1. The maximum Gasteiger partial charge on any atom is 0.297 e. The van der Waals surface area contributed by atoms with Gasteiger partial charge >= 0.3 is 0 Å². The number of fused-ring (bicyclic) bond motifs is 1. The summed E-state index contributed by atoms with van der Waals surface area (Å²) in [6.45, 7) is 1.53. The fraction of sp³-hybridized carbons (Fsp3) is 0.381. The molecule has 0 saturated heterocycles. The van der Waals surface area contributed by atoms with Gasteiger partial charge in [0.25, 0.3) is 15.9 Å². The van der Waals surface area contributed by atoms with E-state index in [-0.39, 0.29) is 24.1 Å². The zero-order chi connectivity index (χ0) is 22.9. The predicted molar refractivity (Wildman–Crippen MR) is 116 cm³/mol. The van der Waals surface area contributed by atoms with Crippen LogP contribution in [0, 0.1) is 0 Å². The number of hydrogen-bond acceptors (Lipinski definition) is 7. The number of halogens is 1. The van der Waals surface area contributed by atoms with E-state index in [0.717, 1.165) is 24.4 Å². The molecule has 11 heteroatoms. The van der Waals surface area contributed by atoms with Crippen LogP contribution in [0.4, 0.5) is 0 Å². The molecular formula is C21H22ClN3O6S. The quantitative estimate of drug-likeness (QED) is 0.550. The number of nitrogens with one attached hydrogen (secondary N) is 2. The third-order valence-corrected chi connectivity index (χ3v) is 6.90. The lowest BCUT2D eigenvalue weighted by Crippen LogP contribution is -2.37. The van der Waals surface area contributed by atoms with E-state index in [0.29, 0.717) is 29.3 Å². The summed E-state index contributed by atoms with van der Waals surface area (Å²) in [7, 11) is -4.14. The van der Waals surface area contributed by atoms with Crippen molar-refractivity contribution >= 4 is 44.5 Å². The Hall–Kier alpha value is -2.85. The van der Waals surface area contributed by atoms with Crippen LogP contribution in [0.25, 0.3) is 11.1 Å². The van der Waals surface area contributed by atoms with Gasteiger partial charge in [0, 0.05) is 23.4 Å². The molecule has 2 amide bonds. The van der Waals surface area contributed by atoms with Crippen LogP contribution < -0.4 is 10.0 Å². The molecule has 0 spiro atoms. The first-order chi connectivity index (χ1) is 15.2. The van der Waals surface area contributed by atoms with Crippen molar-refractivity contribution in [3.05, 3.63) is 47.0 Å². The van der Waals surface area contributed by atoms with Crippen molar-refractivity contribution < 1.29 is 26.8 Å². The van der Waals surface area contributed by atoms with E-state index in [9.17, 15) is 18.0 Å². The second-order valence-corrected chi connectivity index (χ2v) is 9.74. The monoisotopic (exact) mass is 479 g/mol. The number of nitrogens with zero attached hydrogens (tertiary/aromatic N) is 1. The number of benzene rings is 1. The van der Waals surface area contributed by atoms with Crippen LogP contribution in [0.3, 0.4) is 0 Å². The number of carbonyl (C=O) groups excluding carboxylic acids is 2. The van der Waals surface area contributed by atoms with Crippen LogP contribution in [-0.2, 0) is 14.8 Å². The summed E-state index contributed by atoms with van der Waals surface area (Å²) in [5.41, 5.74) is 1.42. The summed E-state index contributed by atoms with van der Waals surface area (Å²) < 4.78 is 37.1. The second-order valence-electron chi connectivity index (χ2n) is 7.69. The van der Waals surface area contributed by atoms with Crippen molar-refractivity contribution in [1.29, 1.82) is 0 Å². The normalized spacial score (nSPS) is 19.1. The number of sulfonamides is 1. The molecular weight excluding hydrogens is 458 g/mol. The minimum atomic E-state index is -4.14. The van der Waals surface area contributed by atoms with Gasteiger partial charge in [-0.25, -0.2) is 9.71 Å². The fourth-order valence-corrected chi connectivity index (χ4v) is 4.85. The molecule has 170 valence electrons. The molecule has 1 saturated carbocycles. The van der Waals surface area contributed by atoms with Crippen molar-refractivity contribution in [3.8, 4) is 0 Å². The van der Waals surface area contributed by atoms with Crippen molar-refractivity contribution in [2.24, 2.45) is 0 Å². The molecule has 1 aliphatic rings. The summed E-state index contributed by atoms with van der Waals surface area (Å²) in [6, 6.07) is 7.66. The van der Waals surface area contributed by atoms with Crippen LogP contribution in [0.5, 0.6) is 0 Å². The molecule has 0 bridgehead atoms. The molecule has 2 heterocycles. The first-order valence-corrected chi connectivity index (χ1v) is 12.1. The van der Waals surface area contributed by atoms with Gasteiger partial charge in [-0.15, -0.1) is 0 Å². The summed E-state index contributed by atoms with van der Waals surface area (Å²) in [5.74, 6) is -0.481. The maximum absolute atomic E-state index is 12.5. The van der Waals surface area contributed by atoms with E-state index in [1.165, 1.54) is 13.0 Å². The molecule has 9 nitrogen and oxygen atoms in total. The highest BCUT2D eigenvalue weighted by atomic mass is 35.5. The van der Waals surface area contributed by atoms with Crippen LogP contribution in [0.2, 0.25) is 5.02 Å². The highest BCUT2D eigenvalue weighted by molar-refractivity contribution is 7.89. The summed E-state index contributed by atoms with van der Waals surface area (Å²) in [4.78, 5) is 28.4. The van der Waals surface area contributed by atoms with Crippen molar-refractivity contribution in [2.45, 2.75) is 56.1 Å². The minimum Gasteiger partial charge on any atom is -0.440 e. The third-order valence-electron chi connectivity index (χ3n) is 5.42. The van der Waals surface area contributed by atoms with Gasteiger partial charge in [0.15, 0.2) is 17.2 Å². The van der Waals surface area contributed by atoms with Crippen LogP contribution in [0.15, 0.2) is 44.3 Å². The van der Waals surface area contributed by atoms with Gasteiger partial charge in [-0.2, -0.15) is 8.42 Å². The van der Waals surface area contributed by atoms with Crippen molar-refractivity contribution in [2.75, 3.05) is 0 Å². The molecule has 0 unspecified atom stereocenters. The van der Waals surface area contributed by atoms with E-state index in [4.69, 9.17) is 20.4 Å². The van der Waals surface area contributed by atoms with Crippen molar-refractivity contribution in [3.63, 3.8) is 0 Å². The van der Waals surface area contributed by atoms with Crippen LogP contribution >= 0.6 is 11.6 Å². The van der Waals surface area contributed by atoms with Gasteiger partial charge in [-0.05, 0) is 56.0 Å². The molecule has 1 aromatic carbocycles. The Labute approximate surface area is 189 Å². The first kappa shape index (κ1) is 22.3. The molecule has 2 aromatic heterocycles. The molecule has 0 radical (unpaired) electrons. The van der Waals surface area contributed by atoms with Crippen LogP contribution in [-0.4, -0.2) is 31.3 Å². The fourth-order valence-electron chi connectivity index (χ4n) is 3.69. The Morgan fingerprint density at radius 3 is 2.59 bits per heavy atom. The highest BCUT2D eigenvalue weighted by Crippen LogP contribution is 2.34. The highest BCUT2D eigenvalue weighted by Gasteiger charge is 2.28. The summed E-state index contributed by atoms with van der Waals surface area (Å²) >= 11 is 6.01. The Balaban J connectivity index is 1.34. The van der Waals surface area contributed by atoms with E-state index in [1.807, 2.05) is 4.72 Å². The standard InChI is InChI=1S/C21H22ClN3O6S/c1-2-18(26)25-32(28,29)19-10-9-17(30-19)20(27)23-14-6-3-12(4-7-14)21-24-15-11-13(22)5-8-16(15)31-21/h5,8-12,14H,2-4,6-7H2,1H3,(H,23,27)(H,25,26)/t12-,14+. The van der Waals surface area contributed by atoms with Gasteiger partial charge in [0.1, 0.15) is 5.52 Å². The predicted octanol–water partition coefficient (Wildman–Crippen LogP) is 3.75. The average molecular weight is 480 g/mol. The van der Waals surface area contributed by atoms with Gasteiger partial charge < -0.3 is 14.2 Å². The number of oxazole rings is 1. The SMILES string of the molecule is CCC(=O)NS(=O)(=O)c1ccc(C(=O)N[C@H]2CC[C@@H](c3nc4cc(Cl)ccc4o3)CC2)o1. The molecule has 4 rings (SSSR count). The Bertz CT molecular complexity index is 1260. The van der Waals surface area contributed by atoms with Crippen LogP contribution in [0.1, 0.15) is 61.4 Å². The number of carbonyl (C=O) groups is 2. The molecule has 32 heavy (non-hydrogen) atoms. The van der Waals surface area contributed by atoms with Gasteiger partial charge in [-0.1, -0.05) is 18.5 Å². The van der Waals surface area contributed by atoms with Crippen molar-refractivity contribution in [1.82, 2.24) is 15.0 Å². The first-order valence-electron chi connectivity index (χ1n) is 10.3. The Kier molecular flexibility index (Phi) is 6.25. The largest absolute Gasteiger partial charge is 0.440 e. The molecule has 0 aliphatic heterocycles. The van der Waals surface area contributed by atoms with Gasteiger partial charge in [0.2, 0.25) is 11.0 Å². The van der Waals surface area contributed by atoms with E-state index >= 15 is 0 Å². The number of furan rings is 1. The number of rotatable bonds is 6. The molecule has 1 aliphatic carbocycles. The average Bonchev–Trinajstić information content (AvgIpc) is 3.41. The zero-order valence-corrected chi connectivity index (χ0v) is 18.8. The Morgan fingerprint density at radius 2 is 1.88 bits per heavy atom. The molecule has 1 fully saturated rings. The topological polar surface area (TPSA) is 132 Å².